The number of hydroxylamine groups is 1. The van der Waals surface area contributed by atoms with Crippen LogP contribution in [0.25, 0.3) is 0 Å². The number of carbonyl (C=O) groups excluding carboxylic acids is 2. The highest BCUT2D eigenvalue weighted by Gasteiger charge is 2.54. The molecule has 1 aliphatic heterocycles. The molecule has 1 heterocycles. The fourth-order valence-corrected chi connectivity index (χ4v) is 6.38. The van der Waals surface area contributed by atoms with Crippen LogP contribution in [-0.4, -0.2) is 47.6 Å². The number of fused-ring (bicyclic) bond motifs is 2. The van der Waals surface area contributed by atoms with Crippen LogP contribution < -0.4 is 15.5 Å². The summed E-state index contributed by atoms with van der Waals surface area (Å²) in [5, 5.41) is 2.83. The third-order valence-corrected chi connectivity index (χ3v) is 8.22. The molecular formula is C24H28N4O7S2. The van der Waals surface area contributed by atoms with E-state index in [0.29, 0.717) is 18.4 Å². The second-order valence-corrected chi connectivity index (χ2v) is 12.8. The average Bonchev–Trinajstić information content (AvgIpc) is 2.80. The number of anilines is 2. The topological polar surface area (TPSA) is 160 Å². The number of amidine groups is 1. The Hall–Kier alpha value is -3.13. The van der Waals surface area contributed by atoms with Crippen molar-refractivity contribution in [2.75, 3.05) is 23.4 Å². The summed E-state index contributed by atoms with van der Waals surface area (Å²) in [6, 6.07) is 10.5. The quantitative estimate of drug-likeness (QED) is 0.332. The third-order valence-electron chi connectivity index (χ3n) is 6.29. The number of hydrogen-bond donors (Lipinski definition) is 3. The summed E-state index contributed by atoms with van der Waals surface area (Å²) in [6.07, 6.45) is 1.86. The Bertz CT molecular complexity index is 1520. The first-order chi connectivity index (χ1) is 17.3. The minimum absolute atomic E-state index is 0.0287. The molecule has 2 aromatic rings. The molecule has 1 aliphatic carbocycles. The molecule has 0 spiro atoms. The van der Waals surface area contributed by atoms with Crippen molar-refractivity contribution in [3.8, 4) is 0 Å². The normalized spacial score (nSPS) is 22.6. The van der Waals surface area contributed by atoms with Crippen molar-refractivity contribution >= 4 is 48.8 Å². The number of sulfonamides is 2. The first-order valence-corrected chi connectivity index (χ1v) is 14.8. The summed E-state index contributed by atoms with van der Waals surface area (Å²) in [6.45, 7) is 4.01. The van der Waals surface area contributed by atoms with Gasteiger partial charge in [-0.2, -0.15) is 13.9 Å². The van der Waals surface area contributed by atoms with Crippen LogP contribution in [0.1, 0.15) is 42.6 Å². The minimum atomic E-state index is -4.38. The Kier molecular flexibility index (Phi) is 7.01. The lowest BCUT2D eigenvalue weighted by atomic mass is 9.67. The Morgan fingerprint density at radius 2 is 1.86 bits per heavy atom. The van der Waals surface area contributed by atoms with E-state index in [1.54, 1.807) is 24.3 Å². The lowest BCUT2D eigenvalue weighted by Gasteiger charge is -2.41. The van der Waals surface area contributed by atoms with Crippen LogP contribution in [0.3, 0.4) is 0 Å². The maximum Gasteiger partial charge on any atom is 0.286 e. The molecule has 0 aromatic heterocycles. The summed E-state index contributed by atoms with van der Waals surface area (Å²) >= 11 is 0. The highest BCUT2D eigenvalue weighted by molar-refractivity contribution is 7.92. The fraction of sp³-hybridized carbons (Fsp3) is 0.375. The summed E-state index contributed by atoms with van der Waals surface area (Å²) in [5.41, 5.74) is 2.23. The number of nitrogens with one attached hydrogen (secondary N) is 3. The SMILES string of the molecule is CON[C@]1(CCC(C)C)C(=O)C(C2=NS(=O)(=O)c3cc(NS(C)(=O)=O)ccc3N2)C(=O)c2ccccc21. The first-order valence-electron chi connectivity index (χ1n) is 11.5. The number of nitrogens with zero attached hydrogens (tertiary/aromatic N) is 1. The fourth-order valence-electron chi connectivity index (χ4n) is 4.65. The van der Waals surface area contributed by atoms with Gasteiger partial charge in [-0.25, -0.2) is 8.42 Å². The highest BCUT2D eigenvalue weighted by Crippen LogP contribution is 2.41. The second-order valence-electron chi connectivity index (χ2n) is 9.51. The number of Topliss-reactive ketones (excluding diaryl/α,β-unsaturated/α-hetero) is 2. The van der Waals surface area contributed by atoms with Gasteiger partial charge in [0.1, 0.15) is 22.2 Å². The van der Waals surface area contributed by atoms with E-state index >= 15 is 0 Å². The van der Waals surface area contributed by atoms with Crippen molar-refractivity contribution in [3.63, 3.8) is 0 Å². The molecule has 11 nitrogen and oxygen atoms in total. The zero-order valence-electron chi connectivity index (χ0n) is 20.7. The summed E-state index contributed by atoms with van der Waals surface area (Å²) in [4.78, 5) is 32.7. The monoisotopic (exact) mass is 548 g/mol. The van der Waals surface area contributed by atoms with Gasteiger partial charge < -0.3 is 10.2 Å². The molecule has 0 bridgehead atoms. The Morgan fingerprint density at radius 3 is 2.51 bits per heavy atom. The van der Waals surface area contributed by atoms with Gasteiger partial charge in [-0.3, -0.25) is 14.3 Å². The van der Waals surface area contributed by atoms with Crippen LogP contribution in [0, 0.1) is 11.8 Å². The van der Waals surface area contributed by atoms with E-state index in [2.05, 4.69) is 19.9 Å². The van der Waals surface area contributed by atoms with E-state index in [1.165, 1.54) is 19.2 Å². The zero-order valence-corrected chi connectivity index (χ0v) is 22.4. The number of carbonyl (C=O) groups is 2. The van der Waals surface area contributed by atoms with Gasteiger partial charge in [0.2, 0.25) is 10.0 Å². The van der Waals surface area contributed by atoms with Gasteiger partial charge in [-0.1, -0.05) is 38.1 Å². The van der Waals surface area contributed by atoms with Crippen LogP contribution >= 0.6 is 0 Å². The van der Waals surface area contributed by atoms with E-state index in [4.69, 9.17) is 4.84 Å². The van der Waals surface area contributed by atoms with Crippen molar-refractivity contribution in [1.82, 2.24) is 5.48 Å². The smallest absolute Gasteiger partial charge is 0.286 e. The maximum atomic E-state index is 14.1. The van der Waals surface area contributed by atoms with Gasteiger partial charge in [-0.15, -0.1) is 4.40 Å². The largest absolute Gasteiger partial charge is 0.341 e. The molecule has 0 radical (unpaired) electrons. The van der Waals surface area contributed by atoms with Gasteiger partial charge in [0.05, 0.1) is 19.1 Å². The van der Waals surface area contributed by atoms with Crippen LogP contribution in [0.15, 0.2) is 51.8 Å². The predicted molar refractivity (Wildman–Crippen MR) is 138 cm³/mol. The molecule has 37 heavy (non-hydrogen) atoms. The Morgan fingerprint density at radius 1 is 1.16 bits per heavy atom. The molecule has 0 fully saturated rings. The lowest BCUT2D eigenvalue weighted by molar-refractivity contribution is -0.134. The number of hydrogen-bond acceptors (Lipinski definition) is 9. The molecule has 13 heteroatoms. The second kappa shape index (κ2) is 9.63. The van der Waals surface area contributed by atoms with E-state index in [1.807, 2.05) is 13.8 Å². The highest BCUT2D eigenvalue weighted by atomic mass is 32.2. The predicted octanol–water partition coefficient (Wildman–Crippen LogP) is 2.44. The summed E-state index contributed by atoms with van der Waals surface area (Å²) < 4.78 is 55.4. The van der Waals surface area contributed by atoms with Crippen molar-refractivity contribution < 1.29 is 31.3 Å². The molecule has 0 saturated carbocycles. The Labute approximate surface area is 215 Å². The molecule has 1 unspecified atom stereocenters. The molecule has 0 saturated heterocycles. The summed E-state index contributed by atoms with van der Waals surface area (Å²) in [5.74, 6) is -2.80. The Balaban J connectivity index is 1.83. The van der Waals surface area contributed by atoms with Crippen molar-refractivity contribution in [3.05, 3.63) is 53.6 Å². The number of benzene rings is 2. The van der Waals surface area contributed by atoms with E-state index in [9.17, 15) is 26.4 Å². The molecular weight excluding hydrogens is 520 g/mol. The minimum Gasteiger partial charge on any atom is -0.341 e. The standard InChI is InChI=1S/C24H28N4O7S2/c1-14(2)11-12-24(28-35-3)17-8-6-5-7-16(17)21(29)20(22(24)30)23-25-18-10-9-15(26-36(4,31)32)13-19(18)37(33,34)27-23/h5-10,13-14,20,26,28H,11-12H2,1-4H3,(H,25,27)/t20?,24-/m0/s1. The number of rotatable bonds is 8. The first kappa shape index (κ1) is 26.9. The average molecular weight is 549 g/mol. The van der Waals surface area contributed by atoms with Gasteiger partial charge in [0.25, 0.3) is 10.0 Å². The molecule has 4 rings (SSSR count). The maximum absolute atomic E-state index is 14.1. The van der Waals surface area contributed by atoms with Crippen molar-refractivity contribution in [1.29, 1.82) is 0 Å². The van der Waals surface area contributed by atoms with Crippen molar-refractivity contribution in [2.24, 2.45) is 16.2 Å². The molecule has 2 atom stereocenters. The molecule has 2 aromatic carbocycles. The van der Waals surface area contributed by atoms with E-state index in [0.717, 1.165) is 12.3 Å². The van der Waals surface area contributed by atoms with Crippen LogP contribution in [0.2, 0.25) is 0 Å². The molecule has 198 valence electrons. The van der Waals surface area contributed by atoms with Gasteiger partial charge in [0.15, 0.2) is 11.6 Å². The molecule has 3 N–H and O–H groups in total. The third kappa shape index (κ3) is 5.04. The van der Waals surface area contributed by atoms with Crippen LogP contribution in [-0.2, 0) is 35.2 Å². The van der Waals surface area contributed by atoms with Crippen LogP contribution in [0.5, 0.6) is 0 Å². The van der Waals surface area contributed by atoms with Crippen LogP contribution in [0.4, 0.5) is 11.4 Å². The van der Waals surface area contributed by atoms with Crippen molar-refractivity contribution in [2.45, 2.75) is 37.1 Å². The molecule has 0 amide bonds. The van der Waals surface area contributed by atoms with Gasteiger partial charge in [-0.05, 0) is 42.5 Å². The van der Waals surface area contributed by atoms with Gasteiger partial charge >= 0.3 is 0 Å². The van der Waals surface area contributed by atoms with Gasteiger partial charge in [0, 0.05) is 11.3 Å². The molecule has 2 aliphatic rings. The van der Waals surface area contributed by atoms with E-state index < -0.39 is 43.1 Å². The number of ketones is 2. The lowest BCUT2D eigenvalue weighted by Crippen LogP contribution is -2.59. The summed E-state index contributed by atoms with van der Waals surface area (Å²) in [7, 11) is -6.66. The zero-order chi connectivity index (χ0) is 27.2. The van der Waals surface area contributed by atoms with E-state index in [-0.39, 0.29) is 33.6 Å².